The Morgan fingerprint density at radius 1 is 1.33 bits per heavy atom. The lowest BCUT2D eigenvalue weighted by Crippen LogP contribution is -2.05. The molecule has 2 aromatic rings. The van der Waals surface area contributed by atoms with E-state index in [9.17, 15) is 14.7 Å². The van der Waals surface area contributed by atoms with Crippen LogP contribution in [0.1, 0.15) is 10.4 Å². The summed E-state index contributed by atoms with van der Waals surface area (Å²) in [5.41, 5.74) is -0.629. The van der Waals surface area contributed by atoms with Crippen LogP contribution in [0.25, 0.3) is 11.0 Å². The van der Waals surface area contributed by atoms with E-state index in [1.54, 1.807) is 0 Å². The van der Waals surface area contributed by atoms with Crippen molar-refractivity contribution in [3.05, 3.63) is 39.2 Å². The molecular formula is C10H5ClO4. The highest BCUT2D eigenvalue weighted by molar-refractivity contribution is 6.32. The van der Waals surface area contributed by atoms with Gasteiger partial charge in [-0.1, -0.05) is 11.6 Å². The van der Waals surface area contributed by atoms with Crippen LogP contribution >= 0.6 is 11.6 Å². The van der Waals surface area contributed by atoms with Crippen molar-refractivity contribution >= 4 is 28.9 Å². The predicted molar refractivity (Wildman–Crippen MR) is 54.5 cm³/mol. The second-order valence-electron chi connectivity index (χ2n) is 2.95. The van der Waals surface area contributed by atoms with Gasteiger partial charge in [-0.2, -0.15) is 0 Å². The summed E-state index contributed by atoms with van der Waals surface area (Å²) in [6.07, 6.45) is 0.409. The lowest BCUT2D eigenvalue weighted by molar-refractivity contribution is 0.112. The molecule has 1 aromatic carbocycles. The molecule has 0 amide bonds. The number of rotatable bonds is 1. The first kappa shape index (κ1) is 9.73. The van der Waals surface area contributed by atoms with Crippen molar-refractivity contribution in [2.24, 2.45) is 0 Å². The van der Waals surface area contributed by atoms with Crippen molar-refractivity contribution in [3.8, 4) is 5.75 Å². The number of carbonyl (C=O) groups is 1. The minimum Gasteiger partial charge on any atom is -0.506 e. The van der Waals surface area contributed by atoms with Crippen molar-refractivity contribution in [1.29, 1.82) is 0 Å². The van der Waals surface area contributed by atoms with Gasteiger partial charge in [0.15, 0.2) is 6.29 Å². The van der Waals surface area contributed by atoms with Crippen LogP contribution in [0, 0.1) is 0 Å². The topological polar surface area (TPSA) is 67.5 Å². The first-order valence-corrected chi connectivity index (χ1v) is 4.41. The van der Waals surface area contributed by atoms with Crippen molar-refractivity contribution in [2.75, 3.05) is 0 Å². The van der Waals surface area contributed by atoms with Gasteiger partial charge in [-0.3, -0.25) is 4.79 Å². The minimum absolute atomic E-state index is 0.0794. The summed E-state index contributed by atoms with van der Waals surface area (Å²) < 4.78 is 4.81. The molecule has 1 heterocycles. The summed E-state index contributed by atoms with van der Waals surface area (Å²) in [6, 6.07) is 4.01. The average molecular weight is 225 g/mol. The van der Waals surface area contributed by atoms with E-state index in [0.29, 0.717) is 11.7 Å². The van der Waals surface area contributed by atoms with E-state index in [0.717, 1.165) is 0 Å². The van der Waals surface area contributed by atoms with E-state index in [2.05, 4.69) is 0 Å². The number of hydrogen-bond donors (Lipinski definition) is 1. The van der Waals surface area contributed by atoms with E-state index in [1.165, 1.54) is 18.2 Å². The maximum atomic E-state index is 11.1. The summed E-state index contributed by atoms with van der Waals surface area (Å²) in [7, 11) is 0. The summed E-state index contributed by atoms with van der Waals surface area (Å²) in [4.78, 5) is 21.6. The quantitative estimate of drug-likeness (QED) is 0.594. The highest BCUT2D eigenvalue weighted by Gasteiger charge is 2.07. The number of halogens is 1. The molecule has 1 aromatic heterocycles. The second kappa shape index (κ2) is 3.40. The molecule has 4 nitrogen and oxygen atoms in total. The van der Waals surface area contributed by atoms with E-state index in [-0.39, 0.29) is 21.9 Å². The molecular weight excluding hydrogens is 220 g/mol. The summed E-state index contributed by atoms with van der Waals surface area (Å²) >= 11 is 5.66. The molecule has 0 radical (unpaired) electrons. The molecule has 0 aliphatic heterocycles. The molecule has 76 valence electrons. The molecule has 0 saturated carbocycles. The Hall–Kier alpha value is -1.81. The van der Waals surface area contributed by atoms with E-state index < -0.39 is 5.63 Å². The Balaban J connectivity index is 2.88. The molecule has 0 aliphatic rings. The Labute approximate surface area is 88.7 Å². The molecule has 0 aliphatic carbocycles. The molecule has 0 atom stereocenters. The van der Waals surface area contributed by atoms with Crippen LogP contribution in [0.3, 0.4) is 0 Å². The number of benzene rings is 1. The zero-order valence-electron chi connectivity index (χ0n) is 7.36. The third kappa shape index (κ3) is 1.59. The molecule has 15 heavy (non-hydrogen) atoms. The fourth-order valence-electron chi connectivity index (χ4n) is 1.23. The highest BCUT2D eigenvalue weighted by atomic mass is 35.5. The Morgan fingerprint density at radius 2 is 2.07 bits per heavy atom. The van der Waals surface area contributed by atoms with Gasteiger partial charge in [0.1, 0.15) is 16.9 Å². The fourth-order valence-corrected chi connectivity index (χ4v) is 1.40. The van der Waals surface area contributed by atoms with Crippen LogP contribution in [0.15, 0.2) is 27.4 Å². The summed E-state index contributed by atoms with van der Waals surface area (Å²) in [5, 5.41) is 9.89. The lowest BCUT2D eigenvalue weighted by Gasteiger charge is -2.00. The van der Waals surface area contributed by atoms with Gasteiger partial charge in [0.2, 0.25) is 0 Å². The summed E-state index contributed by atoms with van der Waals surface area (Å²) in [6.45, 7) is 0. The number of hydrogen-bond acceptors (Lipinski definition) is 4. The van der Waals surface area contributed by atoms with Gasteiger partial charge in [-0.15, -0.1) is 0 Å². The maximum absolute atomic E-state index is 11.1. The van der Waals surface area contributed by atoms with Gasteiger partial charge in [0.25, 0.3) is 0 Å². The number of phenolic OH excluding ortho intramolecular Hbond substituents is 1. The van der Waals surface area contributed by atoms with Crippen LogP contribution in [0.5, 0.6) is 5.75 Å². The third-order valence-electron chi connectivity index (χ3n) is 1.96. The lowest BCUT2D eigenvalue weighted by atomic mass is 10.2. The average Bonchev–Trinajstić information content (AvgIpc) is 2.20. The second-order valence-corrected chi connectivity index (χ2v) is 3.36. The van der Waals surface area contributed by atoms with E-state index in [4.69, 9.17) is 16.0 Å². The Kier molecular flexibility index (Phi) is 2.21. The molecule has 2 rings (SSSR count). The minimum atomic E-state index is -0.737. The monoisotopic (exact) mass is 224 g/mol. The normalized spacial score (nSPS) is 10.5. The van der Waals surface area contributed by atoms with Crippen molar-refractivity contribution in [2.45, 2.75) is 0 Å². The molecule has 0 spiro atoms. The molecule has 0 unspecified atom stereocenters. The predicted octanol–water partition coefficient (Wildman–Crippen LogP) is 1.96. The number of carbonyl (C=O) groups excluding carboxylic acids is 1. The van der Waals surface area contributed by atoms with Gasteiger partial charge in [0.05, 0.1) is 5.02 Å². The zero-order valence-corrected chi connectivity index (χ0v) is 8.12. The maximum Gasteiger partial charge on any atom is 0.346 e. The Morgan fingerprint density at radius 3 is 2.73 bits per heavy atom. The van der Waals surface area contributed by atoms with Crippen molar-refractivity contribution < 1.29 is 14.3 Å². The zero-order chi connectivity index (χ0) is 11.0. The van der Waals surface area contributed by atoms with Crippen LogP contribution < -0.4 is 5.63 Å². The number of aromatic hydroxyl groups is 1. The van der Waals surface area contributed by atoms with Crippen molar-refractivity contribution in [1.82, 2.24) is 0 Å². The summed E-state index contributed by atoms with van der Waals surface area (Å²) in [5.74, 6) is -0.175. The van der Waals surface area contributed by atoms with Crippen LogP contribution in [0.4, 0.5) is 0 Å². The molecule has 0 fully saturated rings. The Bertz CT molecular complexity index is 600. The van der Waals surface area contributed by atoms with E-state index in [1.807, 2.05) is 0 Å². The molecule has 0 saturated heterocycles. The SMILES string of the molecule is O=Cc1cc2cc(Cl)c(O)cc2oc1=O. The first-order chi connectivity index (χ1) is 7.11. The van der Waals surface area contributed by atoms with Gasteiger partial charge in [-0.25, -0.2) is 4.79 Å². The van der Waals surface area contributed by atoms with Crippen LogP contribution in [-0.2, 0) is 0 Å². The van der Waals surface area contributed by atoms with Gasteiger partial charge in [-0.05, 0) is 12.1 Å². The number of fused-ring (bicyclic) bond motifs is 1. The molecule has 5 heteroatoms. The molecule has 1 N–H and O–H groups in total. The number of aldehydes is 1. The van der Waals surface area contributed by atoms with E-state index >= 15 is 0 Å². The fraction of sp³-hybridized carbons (Fsp3) is 0. The largest absolute Gasteiger partial charge is 0.506 e. The highest BCUT2D eigenvalue weighted by Crippen LogP contribution is 2.28. The smallest absolute Gasteiger partial charge is 0.346 e. The molecule has 0 bridgehead atoms. The van der Waals surface area contributed by atoms with Crippen LogP contribution in [-0.4, -0.2) is 11.4 Å². The van der Waals surface area contributed by atoms with Crippen molar-refractivity contribution in [3.63, 3.8) is 0 Å². The van der Waals surface area contributed by atoms with Gasteiger partial charge in [0, 0.05) is 11.5 Å². The standard InChI is InChI=1S/C10H5ClO4/c11-7-2-5-1-6(4-12)10(14)15-9(5)3-8(7)13/h1-4,13H. The third-order valence-corrected chi connectivity index (χ3v) is 2.26. The van der Waals surface area contributed by atoms with Crippen LogP contribution in [0.2, 0.25) is 5.02 Å². The van der Waals surface area contributed by atoms with Gasteiger partial charge < -0.3 is 9.52 Å². The first-order valence-electron chi connectivity index (χ1n) is 4.03. The van der Waals surface area contributed by atoms with Gasteiger partial charge >= 0.3 is 5.63 Å². The number of phenols is 1.